The van der Waals surface area contributed by atoms with Crippen molar-refractivity contribution in [2.24, 2.45) is 5.92 Å². The lowest BCUT2D eigenvalue weighted by atomic mass is 9.90. The predicted molar refractivity (Wildman–Crippen MR) is 112 cm³/mol. The number of aromatic nitrogens is 2. The van der Waals surface area contributed by atoms with Gasteiger partial charge in [0.2, 0.25) is 17.6 Å². The van der Waals surface area contributed by atoms with Crippen molar-refractivity contribution in [1.82, 2.24) is 9.97 Å². The van der Waals surface area contributed by atoms with Crippen LogP contribution in [0.3, 0.4) is 0 Å². The zero-order valence-corrected chi connectivity index (χ0v) is 16.5. The average Bonchev–Trinajstić information content (AvgIpc) is 2.68. The molecule has 2 aromatic rings. The fourth-order valence-corrected chi connectivity index (χ4v) is 3.54. The molecule has 0 aliphatic carbocycles. The lowest BCUT2D eigenvalue weighted by molar-refractivity contribution is -0.383. The number of nitrogens with two attached hydrogens (primary N) is 1. The maximum Gasteiger partial charge on any atom is 0.353 e. The Morgan fingerprint density at radius 3 is 2.57 bits per heavy atom. The summed E-state index contributed by atoms with van der Waals surface area (Å²) in [6.07, 6.45) is 3.85. The Balaban J connectivity index is 1.76. The molecule has 1 aromatic carbocycles. The summed E-state index contributed by atoms with van der Waals surface area (Å²) < 4.78 is 0. The number of benzene rings is 1. The quantitative estimate of drug-likeness (QED) is 0.554. The molecular weight excluding hydrogens is 356 g/mol. The number of nitrogens with one attached hydrogen (secondary N) is 1. The van der Waals surface area contributed by atoms with E-state index < -0.39 is 4.92 Å². The normalized spacial score (nSPS) is 16.0. The van der Waals surface area contributed by atoms with E-state index in [2.05, 4.69) is 39.6 Å². The molecule has 0 bridgehead atoms. The van der Waals surface area contributed by atoms with Gasteiger partial charge in [-0.15, -0.1) is 0 Å². The highest BCUT2D eigenvalue weighted by Gasteiger charge is 2.30. The summed E-state index contributed by atoms with van der Waals surface area (Å²) in [6, 6.07) is 10.6. The second-order valence-electron chi connectivity index (χ2n) is 7.44. The number of anilines is 3. The molecule has 1 aromatic heterocycles. The third kappa shape index (κ3) is 4.68. The van der Waals surface area contributed by atoms with Crippen molar-refractivity contribution in [3.63, 3.8) is 0 Å². The van der Waals surface area contributed by atoms with Crippen molar-refractivity contribution in [3.8, 4) is 0 Å². The van der Waals surface area contributed by atoms with E-state index in [0.29, 0.717) is 17.7 Å². The molecule has 3 rings (SSSR count). The number of piperidine rings is 1. The third-order valence-corrected chi connectivity index (χ3v) is 5.34. The Labute approximate surface area is 165 Å². The van der Waals surface area contributed by atoms with Gasteiger partial charge in [0.1, 0.15) is 0 Å². The molecule has 3 N–H and O–H groups in total. The van der Waals surface area contributed by atoms with Crippen LogP contribution >= 0.6 is 0 Å². The second kappa shape index (κ2) is 8.86. The minimum absolute atomic E-state index is 0.0905. The summed E-state index contributed by atoms with van der Waals surface area (Å²) in [5, 5.41) is 14.7. The molecule has 0 unspecified atom stereocenters. The number of nitrogens with zero attached hydrogens (tertiary/aromatic N) is 4. The smallest absolute Gasteiger partial charge is 0.353 e. The summed E-state index contributed by atoms with van der Waals surface area (Å²) >= 11 is 0. The third-order valence-electron chi connectivity index (χ3n) is 5.34. The van der Waals surface area contributed by atoms with Gasteiger partial charge in [0.05, 0.1) is 4.92 Å². The number of hydrogen-bond donors (Lipinski definition) is 2. The van der Waals surface area contributed by atoms with E-state index in [0.717, 1.165) is 38.8 Å². The van der Waals surface area contributed by atoms with Crippen molar-refractivity contribution < 1.29 is 4.92 Å². The number of rotatable bonds is 7. The summed E-state index contributed by atoms with van der Waals surface area (Å²) in [4.78, 5) is 21.6. The van der Waals surface area contributed by atoms with Crippen LogP contribution in [0.2, 0.25) is 0 Å². The second-order valence-corrected chi connectivity index (χ2v) is 7.44. The van der Waals surface area contributed by atoms with Gasteiger partial charge in [-0.2, -0.15) is 9.97 Å². The van der Waals surface area contributed by atoms with Gasteiger partial charge >= 0.3 is 5.69 Å². The van der Waals surface area contributed by atoms with Crippen LogP contribution in [0.4, 0.5) is 23.3 Å². The monoisotopic (exact) mass is 384 g/mol. The lowest BCUT2D eigenvalue weighted by Gasteiger charge is -2.32. The van der Waals surface area contributed by atoms with Crippen LogP contribution in [-0.4, -0.2) is 34.0 Å². The van der Waals surface area contributed by atoms with Crippen molar-refractivity contribution in [2.75, 3.05) is 29.0 Å². The molecule has 2 heterocycles. The Morgan fingerprint density at radius 1 is 1.29 bits per heavy atom. The lowest BCUT2D eigenvalue weighted by Crippen LogP contribution is -2.35. The molecule has 1 saturated heterocycles. The van der Waals surface area contributed by atoms with Crippen LogP contribution in [-0.2, 0) is 6.42 Å². The van der Waals surface area contributed by atoms with E-state index in [4.69, 9.17) is 5.73 Å². The topological polar surface area (TPSA) is 110 Å². The fourth-order valence-electron chi connectivity index (χ4n) is 3.54. The molecule has 8 heteroatoms. The first kappa shape index (κ1) is 19.9. The predicted octanol–water partition coefficient (Wildman–Crippen LogP) is 3.64. The van der Waals surface area contributed by atoms with Gasteiger partial charge in [0.25, 0.3) is 0 Å². The van der Waals surface area contributed by atoms with Crippen molar-refractivity contribution in [1.29, 1.82) is 0 Å². The minimum atomic E-state index is -0.478. The van der Waals surface area contributed by atoms with Crippen LogP contribution in [0.25, 0.3) is 0 Å². The number of nitrogen functional groups attached to an aromatic ring is 1. The minimum Gasteiger partial charge on any atom is -0.378 e. The summed E-state index contributed by atoms with van der Waals surface area (Å²) in [6.45, 7) is 5.50. The van der Waals surface area contributed by atoms with Gasteiger partial charge in [-0.3, -0.25) is 10.1 Å². The summed E-state index contributed by atoms with van der Waals surface area (Å²) in [7, 11) is 0. The van der Waals surface area contributed by atoms with Gasteiger partial charge < -0.3 is 16.0 Å². The zero-order valence-electron chi connectivity index (χ0n) is 16.5. The first-order chi connectivity index (χ1) is 13.5. The summed E-state index contributed by atoms with van der Waals surface area (Å²) in [5.74, 6) is 1.14. The van der Waals surface area contributed by atoms with Gasteiger partial charge in [-0.05, 0) is 44.1 Å². The Kier molecular flexibility index (Phi) is 6.28. The van der Waals surface area contributed by atoms with E-state index in [1.54, 1.807) is 0 Å². The van der Waals surface area contributed by atoms with Crippen LogP contribution < -0.4 is 16.0 Å². The molecule has 0 amide bonds. The largest absolute Gasteiger partial charge is 0.378 e. The molecule has 1 aliphatic heterocycles. The molecule has 8 nitrogen and oxygen atoms in total. The van der Waals surface area contributed by atoms with Gasteiger partial charge in [0.15, 0.2) is 0 Å². The molecule has 0 saturated carbocycles. The van der Waals surface area contributed by atoms with Crippen molar-refractivity contribution >= 4 is 23.3 Å². The van der Waals surface area contributed by atoms with E-state index in [9.17, 15) is 10.1 Å². The van der Waals surface area contributed by atoms with Crippen LogP contribution in [0.15, 0.2) is 30.3 Å². The molecule has 1 fully saturated rings. The molecule has 28 heavy (non-hydrogen) atoms. The van der Waals surface area contributed by atoms with Crippen molar-refractivity contribution in [3.05, 3.63) is 46.0 Å². The van der Waals surface area contributed by atoms with Gasteiger partial charge in [-0.1, -0.05) is 37.3 Å². The average molecular weight is 384 g/mol. The Morgan fingerprint density at radius 2 is 1.96 bits per heavy atom. The van der Waals surface area contributed by atoms with E-state index in [1.807, 2.05) is 24.8 Å². The van der Waals surface area contributed by atoms with E-state index in [-0.39, 0.29) is 17.5 Å². The zero-order chi connectivity index (χ0) is 20.1. The molecule has 1 atom stereocenters. The summed E-state index contributed by atoms with van der Waals surface area (Å²) in [5.41, 5.74) is 7.05. The van der Waals surface area contributed by atoms with Crippen LogP contribution in [0, 0.1) is 16.0 Å². The maximum atomic E-state index is 11.6. The van der Waals surface area contributed by atoms with Gasteiger partial charge in [0, 0.05) is 19.1 Å². The molecule has 0 spiro atoms. The van der Waals surface area contributed by atoms with E-state index >= 15 is 0 Å². The molecular formula is C20H28N6O2. The molecule has 1 aliphatic rings. The maximum absolute atomic E-state index is 11.6. The first-order valence-electron chi connectivity index (χ1n) is 9.85. The highest BCUT2D eigenvalue weighted by atomic mass is 16.6. The fraction of sp³-hybridized carbons (Fsp3) is 0.500. The Bertz CT molecular complexity index is 806. The van der Waals surface area contributed by atoms with Crippen molar-refractivity contribution in [2.45, 2.75) is 45.6 Å². The Hall–Kier alpha value is -2.90. The number of nitro groups is 1. The van der Waals surface area contributed by atoms with Crippen LogP contribution in [0.5, 0.6) is 0 Å². The SMILES string of the molecule is CC[C@@H](C)Nc1nc(N)c([N+](=O)[O-])c(N2CCC(Cc3ccccc3)CC2)n1. The number of hydrogen-bond acceptors (Lipinski definition) is 7. The molecule has 0 radical (unpaired) electrons. The first-order valence-corrected chi connectivity index (χ1v) is 9.85. The van der Waals surface area contributed by atoms with E-state index in [1.165, 1.54) is 5.56 Å². The highest BCUT2D eigenvalue weighted by molar-refractivity contribution is 5.71. The van der Waals surface area contributed by atoms with Gasteiger partial charge in [-0.25, -0.2) is 0 Å². The molecule has 150 valence electrons. The highest BCUT2D eigenvalue weighted by Crippen LogP contribution is 2.35. The standard InChI is InChI=1S/C20H28N6O2/c1-3-14(2)22-20-23-18(21)17(26(27)28)19(24-20)25-11-9-16(10-12-25)13-15-7-5-4-6-8-15/h4-8,14,16H,3,9-13H2,1-2H3,(H3,21,22,23,24)/t14-/m1/s1. The van der Waals surface area contributed by atoms with Crippen LogP contribution in [0.1, 0.15) is 38.7 Å².